The number of hydrogen-bond donors (Lipinski definition) is 3. The first-order valence-electron chi connectivity index (χ1n) is 6.07. The maximum atomic E-state index is 11.7. The van der Waals surface area contributed by atoms with Gasteiger partial charge in [-0.2, -0.15) is 0 Å². The van der Waals surface area contributed by atoms with Gasteiger partial charge in [0.15, 0.2) is 0 Å². The second-order valence-electron chi connectivity index (χ2n) is 4.31. The van der Waals surface area contributed by atoms with E-state index in [1.54, 1.807) is 19.1 Å². The van der Waals surface area contributed by atoms with Gasteiger partial charge in [-0.1, -0.05) is 0 Å². The van der Waals surface area contributed by atoms with Crippen molar-refractivity contribution < 1.29 is 24.2 Å². The third-order valence-corrected chi connectivity index (χ3v) is 2.66. The molecule has 1 heterocycles. The number of aromatic hydroxyl groups is 1. The van der Waals surface area contributed by atoms with Crippen LogP contribution in [0.1, 0.15) is 21.9 Å². The van der Waals surface area contributed by atoms with Crippen LogP contribution < -0.4 is 5.32 Å². The van der Waals surface area contributed by atoms with Gasteiger partial charge in [-0.15, -0.1) is 0 Å². The van der Waals surface area contributed by atoms with Crippen molar-refractivity contribution in [2.45, 2.75) is 6.92 Å². The van der Waals surface area contributed by atoms with Gasteiger partial charge in [0.25, 0.3) is 0 Å². The summed E-state index contributed by atoms with van der Waals surface area (Å²) in [5.41, 5.74) is 0.0670. The fourth-order valence-electron chi connectivity index (χ4n) is 1.67. The Kier molecular flexibility index (Phi) is 4.08. The largest absolute Gasteiger partial charge is 0.507 e. The summed E-state index contributed by atoms with van der Waals surface area (Å²) in [7, 11) is 0. The van der Waals surface area contributed by atoms with Crippen molar-refractivity contribution in [2.24, 2.45) is 0 Å². The molecule has 0 fully saturated rings. The topological polar surface area (TPSA) is 99.8 Å². The molecule has 0 saturated carbocycles. The maximum Gasteiger partial charge on any atom is 0.339 e. The summed E-state index contributed by atoms with van der Waals surface area (Å²) in [6.45, 7) is 1.80. The van der Waals surface area contributed by atoms with E-state index in [1.807, 2.05) is 0 Å². The summed E-state index contributed by atoms with van der Waals surface area (Å²) in [6.07, 6.45) is 2.79. The molecule has 6 nitrogen and oxygen atoms in total. The Balaban J connectivity index is 2.04. The first kappa shape index (κ1) is 14.4. The lowest BCUT2D eigenvalue weighted by Gasteiger charge is -2.04. The van der Waals surface area contributed by atoms with Crippen LogP contribution in [0.25, 0.3) is 6.08 Å². The summed E-state index contributed by atoms with van der Waals surface area (Å²) in [5, 5.41) is 20.8. The molecule has 6 heteroatoms. The number of hydrogen-bond acceptors (Lipinski definition) is 4. The quantitative estimate of drug-likeness (QED) is 0.751. The van der Waals surface area contributed by atoms with Crippen LogP contribution in [0.5, 0.6) is 5.75 Å². The Hall–Kier alpha value is -3.02. The molecular formula is C15H13NO5. The molecule has 21 heavy (non-hydrogen) atoms. The molecule has 1 aromatic carbocycles. The lowest BCUT2D eigenvalue weighted by molar-refractivity contribution is -0.111. The van der Waals surface area contributed by atoms with E-state index in [9.17, 15) is 14.7 Å². The maximum absolute atomic E-state index is 11.7. The molecule has 1 aromatic heterocycles. The highest BCUT2D eigenvalue weighted by Crippen LogP contribution is 2.22. The fraction of sp³-hybridized carbons (Fsp3) is 0.0667. The molecule has 0 aliphatic carbocycles. The van der Waals surface area contributed by atoms with Crippen LogP contribution in [0, 0.1) is 6.92 Å². The number of carbonyl (C=O) groups excluding carboxylic acids is 1. The van der Waals surface area contributed by atoms with Crippen molar-refractivity contribution in [2.75, 3.05) is 5.32 Å². The van der Waals surface area contributed by atoms with Gasteiger partial charge in [-0.3, -0.25) is 4.79 Å². The van der Waals surface area contributed by atoms with E-state index in [-0.39, 0.29) is 5.56 Å². The molecule has 2 rings (SSSR count). The van der Waals surface area contributed by atoms with E-state index < -0.39 is 17.6 Å². The fourth-order valence-corrected chi connectivity index (χ4v) is 1.67. The number of amides is 1. The number of nitrogens with one attached hydrogen (secondary N) is 1. The van der Waals surface area contributed by atoms with E-state index in [2.05, 4.69) is 5.32 Å². The number of aryl methyl sites for hydroxylation is 1. The van der Waals surface area contributed by atoms with E-state index in [0.29, 0.717) is 11.4 Å². The zero-order valence-corrected chi connectivity index (χ0v) is 11.2. The van der Waals surface area contributed by atoms with Gasteiger partial charge >= 0.3 is 5.97 Å². The van der Waals surface area contributed by atoms with Crippen LogP contribution in [0.2, 0.25) is 0 Å². The predicted octanol–water partition coefficient (Wildman–Crippen LogP) is 2.64. The van der Waals surface area contributed by atoms with Crippen LogP contribution in [0.4, 0.5) is 5.69 Å². The molecule has 0 saturated heterocycles. The SMILES string of the molecule is Cc1ccc(/C=C/C(=O)Nc2ccc(C(=O)O)c(O)c2)o1. The number of aromatic carboxylic acids is 1. The summed E-state index contributed by atoms with van der Waals surface area (Å²) in [6, 6.07) is 7.29. The van der Waals surface area contributed by atoms with E-state index >= 15 is 0 Å². The van der Waals surface area contributed by atoms with E-state index in [4.69, 9.17) is 9.52 Å². The van der Waals surface area contributed by atoms with Crippen molar-refractivity contribution in [3.63, 3.8) is 0 Å². The minimum Gasteiger partial charge on any atom is -0.507 e. The van der Waals surface area contributed by atoms with Crippen LogP contribution in [-0.2, 0) is 4.79 Å². The predicted molar refractivity (Wildman–Crippen MR) is 76.2 cm³/mol. The minimum absolute atomic E-state index is 0.227. The lowest BCUT2D eigenvalue weighted by Crippen LogP contribution is -2.08. The van der Waals surface area contributed by atoms with Gasteiger partial charge in [0.1, 0.15) is 22.8 Å². The van der Waals surface area contributed by atoms with Crippen molar-refractivity contribution in [1.82, 2.24) is 0 Å². The third kappa shape index (κ3) is 3.73. The average Bonchev–Trinajstić information content (AvgIpc) is 2.82. The molecule has 108 valence electrons. The highest BCUT2D eigenvalue weighted by atomic mass is 16.4. The number of carbonyl (C=O) groups is 2. The molecule has 0 aliphatic heterocycles. The monoisotopic (exact) mass is 287 g/mol. The second kappa shape index (κ2) is 5.96. The Morgan fingerprint density at radius 1 is 1.24 bits per heavy atom. The van der Waals surface area contributed by atoms with Gasteiger partial charge in [0.05, 0.1) is 0 Å². The third-order valence-electron chi connectivity index (χ3n) is 2.66. The average molecular weight is 287 g/mol. The Morgan fingerprint density at radius 3 is 2.57 bits per heavy atom. The smallest absolute Gasteiger partial charge is 0.339 e. The molecular weight excluding hydrogens is 274 g/mol. The van der Waals surface area contributed by atoms with Gasteiger partial charge in [-0.25, -0.2) is 4.79 Å². The number of carboxylic acid groups (broad SMARTS) is 1. The molecule has 0 bridgehead atoms. The molecule has 0 aliphatic rings. The molecule has 1 amide bonds. The standard InChI is InChI=1S/C15H13NO5/c1-9-2-4-11(21-9)5-7-14(18)16-10-3-6-12(15(19)20)13(17)8-10/h2-8,17H,1H3,(H,16,18)(H,19,20)/b7-5+. The van der Waals surface area contributed by atoms with Crippen LogP contribution >= 0.6 is 0 Å². The number of anilines is 1. The van der Waals surface area contributed by atoms with Crippen molar-refractivity contribution >= 4 is 23.6 Å². The van der Waals surface area contributed by atoms with Gasteiger partial charge in [0.2, 0.25) is 5.91 Å². The zero-order chi connectivity index (χ0) is 15.4. The number of phenols is 1. The number of furan rings is 1. The van der Waals surface area contributed by atoms with E-state index in [0.717, 1.165) is 5.76 Å². The first-order valence-corrected chi connectivity index (χ1v) is 6.07. The Bertz CT molecular complexity index is 715. The molecule has 0 spiro atoms. The summed E-state index contributed by atoms with van der Waals surface area (Å²) >= 11 is 0. The lowest BCUT2D eigenvalue weighted by atomic mass is 10.2. The summed E-state index contributed by atoms with van der Waals surface area (Å²) in [4.78, 5) is 22.4. The van der Waals surface area contributed by atoms with Crippen LogP contribution in [0.15, 0.2) is 40.8 Å². The highest BCUT2D eigenvalue weighted by molar-refractivity contribution is 6.02. The molecule has 0 radical (unpaired) electrons. The van der Waals surface area contributed by atoms with Crippen LogP contribution in [0.3, 0.4) is 0 Å². The minimum atomic E-state index is -1.24. The highest BCUT2D eigenvalue weighted by Gasteiger charge is 2.10. The second-order valence-corrected chi connectivity index (χ2v) is 4.31. The van der Waals surface area contributed by atoms with Gasteiger partial charge in [0, 0.05) is 17.8 Å². The summed E-state index contributed by atoms with van der Waals surface area (Å²) in [5.74, 6) is -0.785. The molecule has 0 atom stereocenters. The molecule has 2 aromatic rings. The Morgan fingerprint density at radius 2 is 2.00 bits per heavy atom. The first-order chi connectivity index (χ1) is 9.95. The number of rotatable bonds is 4. The number of carboxylic acids is 1. The number of benzene rings is 1. The van der Waals surface area contributed by atoms with Crippen LogP contribution in [-0.4, -0.2) is 22.1 Å². The van der Waals surface area contributed by atoms with Crippen molar-refractivity contribution in [1.29, 1.82) is 0 Å². The molecule has 3 N–H and O–H groups in total. The van der Waals surface area contributed by atoms with Gasteiger partial charge in [-0.05, 0) is 37.3 Å². The summed E-state index contributed by atoms with van der Waals surface area (Å²) < 4.78 is 5.27. The molecule has 0 unspecified atom stereocenters. The van der Waals surface area contributed by atoms with E-state index in [1.165, 1.54) is 30.4 Å². The van der Waals surface area contributed by atoms with Gasteiger partial charge < -0.3 is 19.9 Å². The normalized spacial score (nSPS) is 10.7. The Labute approximate surface area is 120 Å². The van der Waals surface area contributed by atoms with Crippen molar-refractivity contribution in [3.8, 4) is 5.75 Å². The van der Waals surface area contributed by atoms with Crippen molar-refractivity contribution in [3.05, 3.63) is 53.5 Å². The zero-order valence-electron chi connectivity index (χ0n) is 11.2.